The molecule has 1 aromatic carbocycles. The highest BCUT2D eigenvalue weighted by Crippen LogP contribution is 2.44. The van der Waals surface area contributed by atoms with E-state index in [9.17, 15) is 14.0 Å². The van der Waals surface area contributed by atoms with Gasteiger partial charge in [0.25, 0.3) is 5.91 Å². The Labute approximate surface area is 221 Å². The average molecular weight is 542 g/mol. The van der Waals surface area contributed by atoms with E-state index in [4.69, 9.17) is 11.6 Å². The number of halogens is 4. The summed E-state index contributed by atoms with van der Waals surface area (Å²) in [5.74, 6) is -2.58. The molecule has 6 rings (SSSR count). The number of aromatic nitrogens is 2. The van der Waals surface area contributed by atoms with Gasteiger partial charge in [0.05, 0.1) is 22.5 Å². The lowest BCUT2D eigenvalue weighted by Gasteiger charge is -2.43. The van der Waals surface area contributed by atoms with Crippen LogP contribution in [0.1, 0.15) is 34.8 Å². The van der Waals surface area contributed by atoms with Crippen LogP contribution in [0.4, 0.5) is 24.8 Å². The number of hydrogen-bond acceptors (Lipinski definition) is 5. The van der Waals surface area contributed by atoms with Crippen LogP contribution in [0.25, 0.3) is 0 Å². The van der Waals surface area contributed by atoms with Gasteiger partial charge >= 0.3 is 0 Å². The number of benzene rings is 1. The number of carbonyl (C=O) groups is 2. The molecule has 4 heterocycles. The first-order valence-electron chi connectivity index (χ1n) is 12.2. The highest BCUT2D eigenvalue weighted by molar-refractivity contribution is 6.30. The molecule has 0 spiro atoms. The second-order valence-corrected chi connectivity index (χ2v) is 10.6. The van der Waals surface area contributed by atoms with Crippen molar-refractivity contribution in [2.75, 3.05) is 29.9 Å². The van der Waals surface area contributed by atoms with Gasteiger partial charge in [-0.25, -0.2) is 23.1 Å². The Morgan fingerprint density at radius 1 is 1.13 bits per heavy atom. The maximum absolute atomic E-state index is 16.2. The van der Waals surface area contributed by atoms with Gasteiger partial charge in [-0.05, 0) is 31.5 Å². The zero-order valence-electron chi connectivity index (χ0n) is 20.3. The van der Waals surface area contributed by atoms with Gasteiger partial charge in [-0.2, -0.15) is 0 Å². The summed E-state index contributed by atoms with van der Waals surface area (Å²) in [5, 5.41) is 2.87. The Hall–Kier alpha value is -3.66. The highest BCUT2D eigenvalue weighted by Gasteiger charge is 2.49. The van der Waals surface area contributed by atoms with E-state index in [0.29, 0.717) is 5.82 Å². The normalized spacial score (nSPS) is 24.6. The van der Waals surface area contributed by atoms with Crippen molar-refractivity contribution in [2.45, 2.75) is 31.0 Å². The maximum Gasteiger partial charge on any atom is 0.261 e. The topological polar surface area (TPSA) is 78.4 Å². The summed E-state index contributed by atoms with van der Waals surface area (Å²) in [6.07, 6.45) is 1.97. The van der Waals surface area contributed by atoms with Crippen LogP contribution in [-0.2, 0) is 10.2 Å². The van der Waals surface area contributed by atoms with Gasteiger partial charge < -0.3 is 10.2 Å². The Morgan fingerprint density at radius 2 is 1.89 bits per heavy atom. The van der Waals surface area contributed by atoms with Gasteiger partial charge in [0, 0.05) is 48.6 Å². The van der Waals surface area contributed by atoms with Gasteiger partial charge in [0.2, 0.25) is 5.91 Å². The summed E-state index contributed by atoms with van der Waals surface area (Å²) in [4.78, 5) is 37.1. The van der Waals surface area contributed by atoms with Gasteiger partial charge in [0.15, 0.2) is 11.6 Å². The predicted octanol–water partition coefficient (Wildman–Crippen LogP) is 4.36. The van der Waals surface area contributed by atoms with Crippen LogP contribution in [0.2, 0.25) is 5.02 Å². The number of alkyl halides is 1. The molecule has 0 bridgehead atoms. The number of anilines is 2. The van der Waals surface area contributed by atoms with Gasteiger partial charge in [0.1, 0.15) is 17.8 Å². The zero-order chi connectivity index (χ0) is 26.8. The van der Waals surface area contributed by atoms with Crippen molar-refractivity contribution in [2.24, 2.45) is 5.92 Å². The Morgan fingerprint density at radius 3 is 2.58 bits per heavy atom. The molecule has 2 aliphatic heterocycles. The monoisotopic (exact) mass is 541 g/mol. The Balaban J connectivity index is 1.38. The van der Waals surface area contributed by atoms with Crippen LogP contribution < -0.4 is 10.2 Å². The Kier molecular flexibility index (Phi) is 5.82. The molecule has 7 nitrogen and oxygen atoms in total. The molecule has 3 atom stereocenters. The summed E-state index contributed by atoms with van der Waals surface area (Å²) in [7, 11) is 0. The largest absolute Gasteiger partial charge is 0.361 e. The van der Waals surface area contributed by atoms with Crippen molar-refractivity contribution in [3.63, 3.8) is 0 Å². The maximum atomic E-state index is 16.2. The van der Waals surface area contributed by atoms with Crippen molar-refractivity contribution >= 4 is 35.1 Å². The standard InChI is InChI=1S/C27H23ClF3N5O2/c1-27(17-5-4-6-18(28)22(17)30)13-36(20-7-2-3-8-32-20)26(38)16-10-33-24(23(31)21(16)27)34-14-11-35(12-14)25(37)15-9-19(15)29/h2-8,10,14-15,19H,9,11-13H2,1H3,(H,33,34)/t15-,19+,27-/m1/s1. The molecule has 11 heteroatoms. The number of nitrogens with one attached hydrogen (secondary N) is 1. The number of likely N-dealkylation sites (tertiary alicyclic amines) is 1. The number of pyridine rings is 2. The quantitative estimate of drug-likeness (QED) is 0.519. The molecular formula is C27H23ClF3N5O2. The third-order valence-electron chi connectivity index (χ3n) is 7.56. The molecule has 1 saturated heterocycles. The SMILES string of the molecule is C[C@]1(c2cccc(Cl)c2F)CN(c2ccccn2)C(=O)c2cnc(NC3CN(C(=O)[C@@H]4C[C@@H]4F)C3)c(F)c21. The molecule has 3 aliphatic rings. The van der Waals surface area contributed by atoms with E-state index in [1.807, 2.05) is 0 Å². The molecule has 1 N–H and O–H groups in total. The summed E-state index contributed by atoms with van der Waals surface area (Å²) in [6.45, 7) is 2.13. The third kappa shape index (κ3) is 3.89. The van der Waals surface area contributed by atoms with E-state index in [-0.39, 0.29) is 65.5 Å². The molecule has 196 valence electrons. The highest BCUT2D eigenvalue weighted by atomic mass is 35.5. The first kappa shape index (κ1) is 24.7. The van der Waals surface area contributed by atoms with Gasteiger partial charge in [-0.15, -0.1) is 0 Å². The minimum Gasteiger partial charge on any atom is -0.361 e. The fourth-order valence-electron chi connectivity index (χ4n) is 5.35. The molecule has 3 aromatic rings. The summed E-state index contributed by atoms with van der Waals surface area (Å²) >= 11 is 6.10. The van der Waals surface area contributed by atoms with Crippen LogP contribution >= 0.6 is 11.6 Å². The van der Waals surface area contributed by atoms with Crippen molar-refractivity contribution in [3.05, 3.63) is 82.1 Å². The summed E-state index contributed by atoms with van der Waals surface area (Å²) < 4.78 is 44.9. The van der Waals surface area contributed by atoms with E-state index in [2.05, 4.69) is 15.3 Å². The predicted molar refractivity (Wildman–Crippen MR) is 135 cm³/mol. The van der Waals surface area contributed by atoms with Crippen molar-refractivity contribution in [3.8, 4) is 0 Å². The number of nitrogens with zero attached hydrogens (tertiary/aromatic N) is 4. The number of amides is 2. The third-order valence-corrected chi connectivity index (χ3v) is 7.85. The lowest BCUT2D eigenvalue weighted by molar-refractivity contribution is -0.136. The number of carbonyl (C=O) groups excluding carboxylic acids is 2. The van der Waals surface area contributed by atoms with Gasteiger partial charge in [-0.3, -0.25) is 14.5 Å². The average Bonchev–Trinajstić information content (AvgIpc) is 3.62. The van der Waals surface area contributed by atoms with E-state index in [0.717, 1.165) is 0 Å². The number of fused-ring (bicyclic) bond motifs is 1. The first-order chi connectivity index (χ1) is 18.2. The lowest BCUT2D eigenvalue weighted by atomic mass is 9.71. The molecule has 1 aliphatic carbocycles. The molecule has 0 unspecified atom stereocenters. The summed E-state index contributed by atoms with van der Waals surface area (Å²) in [6, 6.07) is 9.28. The van der Waals surface area contributed by atoms with Crippen LogP contribution in [0, 0.1) is 17.6 Å². The fraction of sp³-hybridized carbons (Fsp3) is 0.333. The van der Waals surface area contributed by atoms with E-state index < -0.39 is 35.0 Å². The number of hydrogen-bond donors (Lipinski definition) is 1. The molecule has 0 radical (unpaired) electrons. The van der Waals surface area contributed by atoms with Gasteiger partial charge in [-0.1, -0.05) is 29.8 Å². The molecular weight excluding hydrogens is 519 g/mol. The Bertz CT molecular complexity index is 1450. The van der Waals surface area contributed by atoms with Crippen LogP contribution in [-0.4, -0.2) is 58.5 Å². The second-order valence-electron chi connectivity index (χ2n) is 10.2. The van der Waals surface area contributed by atoms with E-state index >= 15 is 8.78 Å². The lowest BCUT2D eigenvalue weighted by Crippen LogP contribution is -2.58. The minimum absolute atomic E-state index is 0.00106. The first-order valence-corrected chi connectivity index (χ1v) is 12.6. The molecule has 38 heavy (non-hydrogen) atoms. The molecule has 2 amide bonds. The zero-order valence-corrected chi connectivity index (χ0v) is 21.1. The van der Waals surface area contributed by atoms with Crippen molar-refractivity contribution in [1.29, 1.82) is 0 Å². The summed E-state index contributed by atoms with van der Waals surface area (Å²) in [5.41, 5.74) is -1.23. The second kappa shape index (κ2) is 8.97. The number of rotatable bonds is 5. The van der Waals surface area contributed by atoms with Crippen LogP contribution in [0.3, 0.4) is 0 Å². The molecule has 1 saturated carbocycles. The van der Waals surface area contributed by atoms with E-state index in [1.54, 1.807) is 31.2 Å². The van der Waals surface area contributed by atoms with Crippen molar-refractivity contribution < 1.29 is 22.8 Å². The smallest absolute Gasteiger partial charge is 0.261 e. The fourth-order valence-corrected chi connectivity index (χ4v) is 5.52. The van der Waals surface area contributed by atoms with Crippen LogP contribution in [0.15, 0.2) is 48.8 Å². The molecule has 2 fully saturated rings. The minimum atomic E-state index is -1.34. The van der Waals surface area contributed by atoms with E-state index in [1.165, 1.54) is 34.3 Å². The molecule has 2 aromatic heterocycles. The van der Waals surface area contributed by atoms with Crippen molar-refractivity contribution in [1.82, 2.24) is 14.9 Å². The van der Waals surface area contributed by atoms with Crippen LogP contribution in [0.5, 0.6) is 0 Å².